The summed E-state index contributed by atoms with van der Waals surface area (Å²) in [6.45, 7) is 1.58. The molecular formula is C20H16ClNO2. The molecule has 1 saturated heterocycles. The van der Waals surface area contributed by atoms with E-state index in [0.29, 0.717) is 21.9 Å². The average Bonchev–Trinajstić information content (AvgIpc) is 2.57. The maximum atomic E-state index is 13.0. The van der Waals surface area contributed by atoms with Crippen LogP contribution in [0.4, 0.5) is 0 Å². The molecule has 1 heterocycles. The highest BCUT2D eigenvalue weighted by atomic mass is 35.5. The second kappa shape index (κ2) is 6.27. The Kier molecular flexibility index (Phi) is 3.97. The largest absolute Gasteiger partial charge is 0.487 e. The van der Waals surface area contributed by atoms with Crippen LogP contribution < -0.4 is 10.1 Å². The number of hydrogen-bond donors (Lipinski definition) is 1. The topological polar surface area (TPSA) is 38.3 Å². The van der Waals surface area contributed by atoms with Gasteiger partial charge in [0.2, 0.25) is 0 Å². The average molecular weight is 338 g/mol. The van der Waals surface area contributed by atoms with Gasteiger partial charge in [0.15, 0.2) is 5.78 Å². The first kappa shape index (κ1) is 15.2. The van der Waals surface area contributed by atoms with Crippen molar-refractivity contribution in [2.24, 2.45) is 0 Å². The second-order valence-corrected chi connectivity index (χ2v) is 6.37. The zero-order valence-electron chi connectivity index (χ0n) is 13.0. The van der Waals surface area contributed by atoms with Gasteiger partial charge in [0, 0.05) is 23.7 Å². The summed E-state index contributed by atoms with van der Waals surface area (Å²) in [5, 5.41) is 5.87. The highest BCUT2D eigenvalue weighted by Gasteiger charge is 2.22. The number of nitrogens with one attached hydrogen (secondary N) is 1. The Labute approximate surface area is 145 Å². The van der Waals surface area contributed by atoms with Crippen LogP contribution >= 0.6 is 11.6 Å². The molecule has 1 N–H and O–H groups in total. The van der Waals surface area contributed by atoms with Crippen molar-refractivity contribution < 1.29 is 9.53 Å². The Morgan fingerprint density at radius 1 is 1.00 bits per heavy atom. The van der Waals surface area contributed by atoms with Gasteiger partial charge in [0.05, 0.1) is 5.56 Å². The van der Waals surface area contributed by atoms with Crippen LogP contribution in [0.15, 0.2) is 60.7 Å². The third-order valence-corrected chi connectivity index (χ3v) is 4.47. The highest BCUT2D eigenvalue weighted by Crippen LogP contribution is 2.28. The molecule has 3 aromatic rings. The zero-order valence-corrected chi connectivity index (χ0v) is 13.7. The van der Waals surface area contributed by atoms with Crippen molar-refractivity contribution in [3.05, 3.63) is 76.8 Å². The summed E-state index contributed by atoms with van der Waals surface area (Å²) in [7, 11) is 0. The van der Waals surface area contributed by atoms with Crippen LogP contribution in [0, 0.1) is 0 Å². The normalized spacial score (nSPS) is 14.4. The van der Waals surface area contributed by atoms with Gasteiger partial charge in [-0.1, -0.05) is 48.0 Å². The van der Waals surface area contributed by atoms with E-state index in [1.54, 1.807) is 18.2 Å². The van der Waals surface area contributed by atoms with E-state index in [1.165, 1.54) is 0 Å². The smallest absolute Gasteiger partial charge is 0.196 e. The van der Waals surface area contributed by atoms with Crippen molar-refractivity contribution in [1.82, 2.24) is 5.32 Å². The standard InChI is InChI=1S/C20H16ClNO2/c21-16-7-8-18(19(10-16)24-17-11-22-12-17)20(23)15-6-5-13-3-1-2-4-14(13)9-15/h1-10,17,22H,11-12H2. The first-order valence-corrected chi connectivity index (χ1v) is 8.29. The predicted molar refractivity (Wildman–Crippen MR) is 96.1 cm³/mol. The summed E-state index contributed by atoms with van der Waals surface area (Å²) >= 11 is 6.08. The Morgan fingerprint density at radius 2 is 1.79 bits per heavy atom. The molecule has 1 aliphatic rings. The Bertz CT molecular complexity index is 918. The molecule has 3 aromatic carbocycles. The number of ketones is 1. The molecular weight excluding hydrogens is 322 g/mol. The van der Waals surface area contributed by atoms with Crippen molar-refractivity contribution in [2.75, 3.05) is 13.1 Å². The van der Waals surface area contributed by atoms with Crippen LogP contribution in [0.25, 0.3) is 10.8 Å². The van der Waals surface area contributed by atoms with Gasteiger partial charge in [0.1, 0.15) is 11.9 Å². The molecule has 0 spiro atoms. The van der Waals surface area contributed by atoms with Gasteiger partial charge in [-0.15, -0.1) is 0 Å². The van der Waals surface area contributed by atoms with Crippen molar-refractivity contribution in [2.45, 2.75) is 6.10 Å². The molecule has 0 radical (unpaired) electrons. The maximum Gasteiger partial charge on any atom is 0.196 e. The zero-order chi connectivity index (χ0) is 16.5. The molecule has 0 atom stereocenters. The molecule has 0 amide bonds. The summed E-state index contributed by atoms with van der Waals surface area (Å²) in [5.41, 5.74) is 1.19. The van der Waals surface area contributed by atoms with Crippen LogP contribution in [0.1, 0.15) is 15.9 Å². The predicted octanol–water partition coefficient (Wildman–Crippen LogP) is 4.07. The molecule has 1 aliphatic heterocycles. The lowest BCUT2D eigenvalue weighted by atomic mass is 9.99. The number of halogens is 1. The summed E-state index contributed by atoms with van der Waals surface area (Å²) in [6, 6.07) is 18.9. The van der Waals surface area contributed by atoms with Crippen LogP contribution in [0.2, 0.25) is 5.02 Å². The van der Waals surface area contributed by atoms with Gasteiger partial charge in [-0.05, 0) is 35.0 Å². The maximum absolute atomic E-state index is 13.0. The SMILES string of the molecule is O=C(c1ccc2ccccc2c1)c1ccc(Cl)cc1OC1CNC1. The Morgan fingerprint density at radius 3 is 2.54 bits per heavy atom. The number of carbonyl (C=O) groups is 1. The lowest BCUT2D eigenvalue weighted by Gasteiger charge is -2.28. The monoisotopic (exact) mass is 337 g/mol. The quantitative estimate of drug-likeness (QED) is 0.729. The number of ether oxygens (including phenoxy) is 1. The second-order valence-electron chi connectivity index (χ2n) is 5.93. The first-order chi connectivity index (χ1) is 11.7. The van der Waals surface area contributed by atoms with E-state index in [4.69, 9.17) is 16.3 Å². The molecule has 3 nitrogen and oxygen atoms in total. The highest BCUT2D eigenvalue weighted by molar-refractivity contribution is 6.31. The number of fused-ring (bicyclic) bond motifs is 1. The van der Waals surface area contributed by atoms with Gasteiger partial charge >= 0.3 is 0 Å². The lowest BCUT2D eigenvalue weighted by molar-refractivity contribution is 0.102. The first-order valence-electron chi connectivity index (χ1n) is 7.91. The molecule has 120 valence electrons. The fourth-order valence-corrected chi connectivity index (χ4v) is 2.95. The summed E-state index contributed by atoms with van der Waals surface area (Å²) < 4.78 is 5.92. The van der Waals surface area contributed by atoms with Crippen LogP contribution in [-0.4, -0.2) is 25.0 Å². The van der Waals surface area contributed by atoms with Crippen molar-refractivity contribution in [3.63, 3.8) is 0 Å². The minimum Gasteiger partial charge on any atom is -0.487 e. The van der Waals surface area contributed by atoms with Crippen molar-refractivity contribution >= 4 is 28.2 Å². The molecule has 1 fully saturated rings. The van der Waals surface area contributed by atoms with E-state index in [9.17, 15) is 4.79 Å². The van der Waals surface area contributed by atoms with E-state index in [1.807, 2.05) is 42.5 Å². The van der Waals surface area contributed by atoms with E-state index in [2.05, 4.69) is 5.32 Å². The Balaban J connectivity index is 1.72. The van der Waals surface area contributed by atoms with Crippen molar-refractivity contribution in [1.29, 1.82) is 0 Å². The van der Waals surface area contributed by atoms with Crippen LogP contribution in [-0.2, 0) is 0 Å². The molecule has 4 rings (SSSR count). The van der Waals surface area contributed by atoms with Gasteiger partial charge in [-0.25, -0.2) is 0 Å². The molecule has 0 aliphatic carbocycles. The van der Waals surface area contributed by atoms with Crippen molar-refractivity contribution in [3.8, 4) is 5.75 Å². The van der Waals surface area contributed by atoms with Crippen LogP contribution in [0.3, 0.4) is 0 Å². The van der Waals surface area contributed by atoms with E-state index in [0.717, 1.165) is 23.9 Å². The summed E-state index contributed by atoms with van der Waals surface area (Å²) in [4.78, 5) is 13.0. The van der Waals surface area contributed by atoms with Gasteiger partial charge < -0.3 is 10.1 Å². The molecule has 0 saturated carbocycles. The van der Waals surface area contributed by atoms with Gasteiger partial charge in [-0.2, -0.15) is 0 Å². The van der Waals surface area contributed by atoms with Gasteiger partial charge in [-0.3, -0.25) is 4.79 Å². The molecule has 0 bridgehead atoms. The van der Waals surface area contributed by atoms with Crippen LogP contribution in [0.5, 0.6) is 5.75 Å². The number of carbonyl (C=O) groups excluding carboxylic acids is 1. The Hall–Kier alpha value is -2.36. The van der Waals surface area contributed by atoms with E-state index in [-0.39, 0.29) is 11.9 Å². The number of rotatable bonds is 4. The summed E-state index contributed by atoms with van der Waals surface area (Å²) in [5.74, 6) is 0.492. The number of benzene rings is 3. The third kappa shape index (κ3) is 2.88. The van der Waals surface area contributed by atoms with E-state index < -0.39 is 0 Å². The molecule has 0 aromatic heterocycles. The fourth-order valence-electron chi connectivity index (χ4n) is 2.79. The third-order valence-electron chi connectivity index (χ3n) is 4.24. The van der Waals surface area contributed by atoms with Gasteiger partial charge in [0.25, 0.3) is 0 Å². The number of hydrogen-bond acceptors (Lipinski definition) is 3. The lowest BCUT2D eigenvalue weighted by Crippen LogP contribution is -2.50. The fraction of sp³-hybridized carbons (Fsp3) is 0.150. The molecule has 4 heteroatoms. The minimum atomic E-state index is -0.0558. The minimum absolute atomic E-state index is 0.0558. The van der Waals surface area contributed by atoms with E-state index >= 15 is 0 Å². The molecule has 24 heavy (non-hydrogen) atoms. The summed E-state index contributed by atoms with van der Waals surface area (Å²) in [6.07, 6.45) is 0.0895. The molecule has 0 unspecified atom stereocenters.